The van der Waals surface area contributed by atoms with E-state index < -0.39 is 23.3 Å². The van der Waals surface area contributed by atoms with Crippen LogP contribution in [0, 0.1) is 17.0 Å². The molecule has 0 saturated heterocycles. The van der Waals surface area contributed by atoms with Crippen LogP contribution in [0.1, 0.15) is 39.6 Å². The molecule has 0 aliphatic rings. The standard InChI is InChI=1S/C25H22N2O7/c1-3-24(29)26-22-14-18(5-4-16(22)2)25(30)33-15-23(28)17-6-10-20(11-7-17)34-21-12-8-19(9-13-21)27(31)32/h4-14H,3,15H2,1-2H3,(H,26,29). The van der Waals surface area contributed by atoms with Crippen LogP contribution in [-0.4, -0.2) is 29.2 Å². The monoisotopic (exact) mass is 462 g/mol. The molecule has 0 aliphatic heterocycles. The number of hydrogen-bond donors (Lipinski definition) is 1. The first-order valence-corrected chi connectivity index (χ1v) is 10.4. The van der Waals surface area contributed by atoms with Gasteiger partial charge in [-0.05, 0) is 61.0 Å². The Hall–Kier alpha value is -4.53. The number of ether oxygens (including phenoxy) is 2. The number of rotatable bonds is 9. The lowest BCUT2D eigenvalue weighted by Gasteiger charge is -2.10. The molecule has 174 valence electrons. The smallest absolute Gasteiger partial charge is 0.338 e. The SMILES string of the molecule is CCC(=O)Nc1cc(C(=O)OCC(=O)c2ccc(Oc3ccc([N+](=O)[O-])cc3)cc2)ccc1C. The number of nitro groups is 1. The van der Waals surface area contributed by atoms with Crippen LogP contribution in [0.3, 0.4) is 0 Å². The number of nitrogens with zero attached hydrogens (tertiary/aromatic N) is 1. The minimum absolute atomic E-state index is 0.0459. The van der Waals surface area contributed by atoms with Crippen molar-refractivity contribution >= 4 is 29.0 Å². The van der Waals surface area contributed by atoms with E-state index in [1.807, 2.05) is 0 Å². The van der Waals surface area contributed by atoms with Crippen molar-refractivity contribution in [2.75, 3.05) is 11.9 Å². The van der Waals surface area contributed by atoms with Gasteiger partial charge in [0.1, 0.15) is 11.5 Å². The van der Waals surface area contributed by atoms with Crippen LogP contribution in [-0.2, 0) is 9.53 Å². The lowest BCUT2D eigenvalue weighted by atomic mass is 10.1. The predicted molar refractivity (Wildman–Crippen MR) is 124 cm³/mol. The minimum atomic E-state index is -0.682. The zero-order valence-electron chi connectivity index (χ0n) is 18.6. The number of amides is 1. The summed E-state index contributed by atoms with van der Waals surface area (Å²) in [5.74, 6) is -0.417. The Morgan fingerprint density at radius 1 is 0.912 bits per heavy atom. The lowest BCUT2D eigenvalue weighted by molar-refractivity contribution is -0.384. The van der Waals surface area contributed by atoms with Gasteiger partial charge in [-0.3, -0.25) is 19.7 Å². The summed E-state index contributed by atoms with van der Waals surface area (Å²) in [4.78, 5) is 46.6. The van der Waals surface area contributed by atoms with Gasteiger partial charge in [-0.25, -0.2) is 4.79 Å². The number of ketones is 1. The first kappa shape index (κ1) is 24.1. The van der Waals surface area contributed by atoms with Gasteiger partial charge in [0, 0.05) is 29.8 Å². The number of esters is 1. The molecule has 3 aromatic carbocycles. The highest BCUT2D eigenvalue weighted by Crippen LogP contribution is 2.24. The van der Waals surface area contributed by atoms with E-state index >= 15 is 0 Å². The van der Waals surface area contributed by atoms with E-state index in [1.54, 1.807) is 38.1 Å². The quantitative estimate of drug-likeness (QED) is 0.203. The number of nitrogens with one attached hydrogen (secondary N) is 1. The maximum absolute atomic E-state index is 12.4. The molecule has 0 bridgehead atoms. The number of carbonyl (C=O) groups is 3. The molecular weight excluding hydrogens is 440 g/mol. The third kappa shape index (κ3) is 6.26. The van der Waals surface area contributed by atoms with Crippen molar-refractivity contribution in [1.29, 1.82) is 0 Å². The second-order valence-electron chi connectivity index (χ2n) is 7.31. The first-order valence-electron chi connectivity index (χ1n) is 10.4. The molecule has 34 heavy (non-hydrogen) atoms. The highest BCUT2D eigenvalue weighted by atomic mass is 16.6. The Labute approximate surface area is 195 Å². The maximum atomic E-state index is 12.4. The number of hydrogen-bond acceptors (Lipinski definition) is 7. The van der Waals surface area contributed by atoms with Gasteiger partial charge in [0.25, 0.3) is 5.69 Å². The molecule has 0 heterocycles. The predicted octanol–water partition coefficient (Wildman–Crippen LogP) is 5.08. The zero-order chi connectivity index (χ0) is 24.7. The van der Waals surface area contributed by atoms with E-state index in [9.17, 15) is 24.5 Å². The molecule has 1 amide bonds. The third-order valence-electron chi connectivity index (χ3n) is 4.86. The van der Waals surface area contributed by atoms with Crippen molar-refractivity contribution in [3.8, 4) is 11.5 Å². The molecular formula is C25H22N2O7. The Balaban J connectivity index is 1.57. The number of aryl methyl sites for hydroxylation is 1. The highest BCUT2D eigenvalue weighted by Gasteiger charge is 2.14. The van der Waals surface area contributed by atoms with Gasteiger partial charge >= 0.3 is 5.97 Å². The molecule has 0 unspecified atom stereocenters. The summed E-state index contributed by atoms with van der Waals surface area (Å²) in [6, 6.07) is 16.6. The molecule has 0 spiro atoms. The Bertz CT molecular complexity index is 1220. The van der Waals surface area contributed by atoms with E-state index in [0.717, 1.165) is 5.56 Å². The molecule has 1 N–H and O–H groups in total. The van der Waals surface area contributed by atoms with Gasteiger partial charge in [-0.2, -0.15) is 0 Å². The van der Waals surface area contributed by atoms with Gasteiger partial charge < -0.3 is 14.8 Å². The molecule has 0 atom stereocenters. The van der Waals surface area contributed by atoms with Crippen molar-refractivity contribution in [3.63, 3.8) is 0 Å². The van der Waals surface area contributed by atoms with Crippen molar-refractivity contribution < 1.29 is 28.8 Å². The van der Waals surface area contributed by atoms with Crippen LogP contribution in [0.4, 0.5) is 11.4 Å². The first-order chi connectivity index (χ1) is 16.3. The van der Waals surface area contributed by atoms with Crippen LogP contribution < -0.4 is 10.1 Å². The summed E-state index contributed by atoms with van der Waals surface area (Å²) in [6.07, 6.45) is 0.306. The van der Waals surface area contributed by atoms with Crippen molar-refractivity contribution in [2.24, 2.45) is 0 Å². The topological polar surface area (TPSA) is 125 Å². The summed E-state index contributed by atoms with van der Waals surface area (Å²) in [5, 5.41) is 13.4. The average Bonchev–Trinajstić information content (AvgIpc) is 2.84. The van der Waals surface area contributed by atoms with Crippen molar-refractivity contribution in [1.82, 2.24) is 0 Å². The molecule has 0 aliphatic carbocycles. The number of anilines is 1. The molecule has 3 rings (SSSR count). The van der Waals surface area contributed by atoms with E-state index in [1.165, 1.54) is 42.5 Å². The largest absolute Gasteiger partial charge is 0.457 e. The summed E-state index contributed by atoms with van der Waals surface area (Å²) < 4.78 is 10.8. The van der Waals surface area contributed by atoms with Crippen LogP contribution in [0.25, 0.3) is 0 Å². The fraction of sp³-hybridized carbons (Fsp3) is 0.160. The van der Waals surface area contributed by atoms with E-state index in [4.69, 9.17) is 9.47 Å². The van der Waals surface area contributed by atoms with E-state index in [2.05, 4.69) is 5.32 Å². The number of carbonyl (C=O) groups excluding carboxylic acids is 3. The third-order valence-corrected chi connectivity index (χ3v) is 4.86. The fourth-order valence-electron chi connectivity index (χ4n) is 2.90. The van der Waals surface area contributed by atoms with E-state index in [-0.39, 0.29) is 17.2 Å². The number of non-ortho nitro benzene ring substituents is 1. The van der Waals surface area contributed by atoms with Gasteiger partial charge in [0.15, 0.2) is 12.4 Å². The summed E-state index contributed by atoms with van der Waals surface area (Å²) in [7, 11) is 0. The molecule has 3 aromatic rings. The van der Waals surface area contributed by atoms with Crippen LogP contribution in [0.5, 0.6) is 11.5 Å². The van der Waals surface area contributed by atoms with Crippen LogP contribution >= 0.6 is 0 Å². The molecule has 9 heteroatoms. The summed E-state index contributed by atoms with van der Waals surface area (Å²) in [6.45, 7) is 3.08. The number of nitro benzene ring substituents is 1. The van der Waals surface area contributed by atoms with Gasteiger partial charge in [-0.1, -0.05) is 13.0 Å². The highest BCUT2D eigenvalue weighted by molar-refractivity contribution is 6.00. The zero-order valence-corrected chi connectivity index (χ0v) is 18.6. The van der Waals surface area contributed by atoms with Gasteiger partial charge in [-0.15, -0.1) is 0 Å². The summed E-state index contributed by atoms with van der Waals surface area (Å²) in [5.41, 5.74) is 1.80. The molecule has 0 radical (unpaired) electrons. The second kappa shape index (κ2) is 10.9. The molecule has 0 aromatic heterocycles. The molecule has 0 saturated carbocycles. The normalized spacial score (nSPS) is 10.3. The number of benzene rings is 3. The maximum Gasteiger partial charge on any atom is 0.338 e. The van der Waals surface area contributed by atoms with Crippen LogP contribution in [0.2, 0.25) is 0 Å². The van der Waals surface area contributed by atoms with Crippen LogP contribution in [0.15, 0.2) is 66.7 Å². The number of Topliss-reactive ketones (excluding diaryl/α,β-unsaturated/α-hetero) is 1. The Morgan fingerprint density at radius 2 is 1.50 bits per heavy atom. The fourth-order valence-corrected chi connectivity index (χ4v) is 2.90. The minimum Gasteiger partial charge on any atom is -0.457 e. The van der Waals surface area contributed by atoms with Gasteiger partial charge in [0.05, 0.1) is 10.5 Å². The lowest BCUT2D eigenvalue weighted by Crippen LogP contribution is -2.15. The average molecular weight is 462 g/mol. The van der Waals surface area contributed by atoms with Crippen molar-refractivity contribution in [2.45, 2.75) is 20.3 Å². The molecule has 0 fully saturated rings. The Kier molecular flexibility index (Phi) is 7.71. The summed E-state index contributed by atoms with van der Waals surface area (Å²) >= 11 is 0. The second-order valence-corrected chi connectivity index (χ2v) is 7.31. The van der Waals surface area contributed by atoms with E-state index in [0.29, 0.717) is 29.2 Å². The Morgan fingerprint density at radius 3 is 2.09 bits per heavy atom. The molecule has 9 nitrogen and oxygen atoms in total. The van der Waals surface area contributed by atoms with Gasteiger partial charge in [0.2, 0.25) is 5.91 Å². The van der Waals surface area contributed by atoms with Crippen molar-refractivity contribution in [3.05, 3.63) is 93.5 Å².